The molecule has 2 nitrogen and oxygen atoms in total. The summed E-state index contributed by atoms with van der Waals surface area (Å²) in [5.41, 5.74) is 4.49. The highest BCUT2D eigenvalue weighted by molar-refractivity contribution is 5.39. The number of nitrogens with zero attached hydrogens (tertiary/aromatic N) is 1. The lowest BCUT2D eigenvalue weighted by atomic mass is 9.94. The highest BCUT2D eigenvalue weighted by atomic mass is 19.4. The van der Waals surface area contributed by atoms with Gasteiger partial charge < -0.3 is 5.32 Å². The number of nitrogens with one attached hydrogen (secondary N) is 1. The van der Waals surface area contributed by atoms with Crippen LogP contribution in [0.25, 0.3) is 0 Å². The number of hydrogen-bond acceptors (Lipinski definition) is 2. The van der Waals surface area contributed by atoms with E-state index >= 15 is 0 Å². The second kappa shape index (κ2) is 6.59. The molecule has 1 N–H and O–H groups in total. The molecule has 0 amide bonds. The van der Waals surface area contributed by atoms with E-state index in [1.54, 1.807) is 7.05 Å². The van der Waals surface area contributed by atoms with Crippen LogP contribution >= 0.6 is 0 Å². The van der Waals surface area contributed by atoms with Crippen molar-refractivity contribution in [3.8, 4) is 0 Å². The minimum atomic E-state index is -4.16. The van der Waals surface area contributed by atoms with E-state index in [4.69, 9.17) is 0 Å². The number of alkyl halides is 3. The summed E-state index contributed by atoms with van der Waals surface area (Å²) in [5.74, 6) is 0. The van der Waals surface area contributed by atoms with Crippen LogP contribution in [0.2, 0.25) is 0 Å². The third kappa shape index (κ3) is 4.80. The van der Waals surface area contributed by atoms with Gasteiger partial charge in [0.05, 0.1) is 6.54 Å². The van der Waals surface area contributed by atoms with Gasteiger partial charge in [-0.25, -0.2) is 0 Å². The Balaban J connectivity index is 2.92. The minimum absolute atomic E-state index is 0.108. The maximum absolute atomic E-state index is 12.4. The highest BCUT2D eigenvalue weighted by Crippen LogP contribution is 2.25. The molecule has 0 aliphatic carbocycles. The first-order valence-electron chi connectivity index (χ1n) is 6.64. The molecular weight excluding hydrogens is 265 g/mol. The Kier molecular flexibility index (Phi) is 5.59. The molecule has 0 heterocycles. The number of halogens is 3. The number of likely N-dealkylation sites (N-methyl/N-ethyl adjacent to an activating group) is 2. The molecule has 1 rings (SSSR count). The zero-order valence-corrected chi connectivity index (χ0v) is 12.7. The average Bonchev–Trinajstić information content (AvgIpc) is 2.23. The molecule has 1 atom stereocenters. The molecule has 1 aromatic rings. The Bertz CT molecular complexity index is 432. The standard InChI is InChI=1S/C15H23F3N2/c1-10-6-11(2)14(12(3)7-10)13(19-4)8-20(5)9-15(16,17)18/h6-7,13,19H,8-9H2,1-5H3. The van der Waals surface area contributed by atoms with Crippen LogP contribution in [0.15, 0.2) is 12.1 Å². The Morgan fingerprint density at radius 3 is 2.05 bits per heavy atom. The van der Waals surface area contributed by atoms with Crippen molar-refractivity contribution in [3.05, 3.63) is 34.4 Å². The van der Waals surface area contributed by atoms with Gasteiger partial charge in [0.2, 0.25) is 0 Å². The smallest absolute Gasteiger partial charge is 0.312 e. The average molecular weight is 288 g/mol. The summed E-state index contributed by atoms with van der Waals surface area (Å²) >= 11 is 0. The first-order chi connectivity index (χ1) is 9.14. The fourth-order valence-electron chi connectivity index (χ4n) is 2.75. The minimum Gasteiger partial charge on any atom is -0.312 e. The Morgan fingerprint density at radius 2 is 1.65 bits per heavy atom. The van der Waals surface area contributed by atoms with Gasteiger partial charge in [-0.2, -0.15) is 13.2 Å². The molecule has 0 radical (unpaired) electrons. The van der Waals surface area contributed by atoms with Crippen molar-refractivity contribution in [1.29, 1.82) is 0 Å². The quantitative estimate of drug-likeness (QED) is 0.893. The van der Waals surface area contributed by atoms with Crippen LogP contribution in [0.3, 0.4) is 0 Å². The van der Waals surface area contributed by atoms with Crippen LogP contribution in [-0.2, 0) is 0 Å². The largest absolute Gasteiger partial charge is 0.401 e. The van der Waals surface area contributed by atoms with Gasteiger partial charge in [-0.3, -0.25) is 4.90 Å². The molecule has 0 bridgehead atoms. The zero-order valence-electron chi connectivity index (χ0n) is 12.7. The monoisotopic (exact) mass is 288 g/mol. The molecule has 0 fully saturated rings. The van der Waals surface area contributed by atoms with Crippen molar-refractivity contribution in [2.45, 2.75) is 33.0 Å². The van der Waals surface area contributed by atoms with Gasteiger partial charge in [-0.1, -0.05) is 17.7 Å². The highest BCUT2D eigenvalue weighted by Gasteiger charge is 2.30. The molecule has 20 heavy (non-hydrogen) atoms. The Labute approximate surface area is 119 Å². The van der Waals surface area contributed by atoms with E-state index in [9.17, 15) is 13.2 Å². The van der Waals surface area contributed by atoms with Crippen LogP contribution < -0.4 is 5.32 Å². The van der Waals surface area contributed by atoms with E-state index in [0.29, 0.717) is 6.54 Å². The summed E-state index contributed by atoms with van der Waals surface area (Å²) in [5, 5.41) is 3.13. The van der Waals surface area contributed by atoms with Gasteiger partial charge in [0.1, 0.15) is 0 Å². The van der Waals surface area contributed by atoms with Crippen LogP contribution in [0.1, 0.15) is 28.3 Å². The molecule has 1 unspecified atom stereocenters. The summed E-state index contributed by atoms with van der Waals surface area (Å²) in [7, 11) is 3.28. The third-order valence-electron chi connectivity index (χ3n) is 3.38. The molecule has 5 heteroatoms. The van der Waals surface area contributed by atoms with Crippen molar-refractivity contribution >= 4 is 0 Å². The number of benzene rings is 1. The van der Waals surface area contributed by atoms with Gasteiger partial charge >= 0.3 is 6.18 Å². The lowest BCUT2D eigenvalue weighted by Crippen LogP contribution is -2.37. The van der Waals surface area contributed by atoms with Gasteiger partial charge in [0.15, 0.2) is 0 Å². The van der Waals surface area contributed by atoms with Crippen LogP contribution in [-0.4, -0.2) is 38.3 Å². The van der Waals surface area contributed by atoms with Gasteiger partial charge in [0, 0.05) is 12.6 Å². The maximum Gasteiger partial charge on any atom is 0.401 e. The van der Waals surface area contributed by atoms with Gasteiger partial charge in [-0.15, -0.1) is 0 Å². The first kappa shape index (κ1) is 17.0. The fourth-order valence-corrected chi connectivity index (χ4v) is 2.75. The summed E-state index contributed by atoms with van der Waals surface area (Å²) in [4.78, 5) is 1.31. The predicted octanol–water partition coefficient (Wildman–Crippen LogP) is 3.37. The second-order valence-corrected chi connectivity index (χ2v) is 5.47. The molecule has 0 saturated heterocycles. The predicted molar refractivity (Wildman–Crippen MR) is 76.0 cm³/mol. The SMILES string of the molecule is CNC(CN(C)CC(F)(F)F)c1c(C)cc(C)cc1C. The summed E-state index contributed by atoms with van der Waals surface area (Å²) in [6.07, 6.45) is -4.16. The van der Waals surface area contributed by atoms with Crippen molar-refractivity contribution in [2.24, 2.45) is 0 Å². The van der Waals surface area contributed by atoms with Crippen LogP contribution in [0.5, 0.6) is 0 Å². The molecule has 0 spiro atoms. The zero-order chi connectivity index (χ0) is 15.5. The summed E-state index contributed by atoms with van der Waals surface area (Å²) < 4.78 is 37.2. The van der Waals surface area contributed by atoms with E-state index in [-0.39, 0.29) is 6.04 Å². The normalized spacial score (nSPS) is 13.8. The van der Waals surface area contributed by atoms with Crippen LogP contribution in [0, 0.1) is 20.8 Å². The lowest BCUT2D eigenvalue weighted by molar-refractivity contribution is -0.143. The lowest BCUT2D eigenvalue weighted by Gasteiger charge is -2.27. The summed E-state index contributed by atoms with van der Waals surface area (Å²) in [6, 6.07) is 4.02. The van der Waals surface area contributed by atoms with E-state index in [1.807, 2.05) is 20.8 Å². The fraction of sp³-hybridized carbons (Fsp3) is 0.600. The van der Waals surface area contributed by atoms with Gasteiger partial charge in [0.25, 0.3) is 0 Å². The molecule has 0 aliphatic rings. The number of aryl methyl sites for hydroxylation is 3. The van der Waals surface area contributed by atoms with Crippen molar-refractivity contribution in [3.63, 3.8) is 0 Å². The van der Waals surface area contributed by atoms with Crippen molar-refractivity contribution in [1.82, 2.24) is 10.2 Å². The molecule has 0 aliphatic heterocycles. The van der Waals surface area contributed by atoms with Crippen LogP contribution in [0.4, 0.5) is 13.2 Å². The third-order valence-corrected chi connectivity index (χ3v) is 3.38. The van der Waals surface area contributed by atoms with E-state index < -0.39 is 12.7 Å². The maximum atomic E-state index is 12.4. The molecule has 114 valence electrons. The molecule has 0 saturated carbocycles. The molecular formula is C15H23F3N2. The van der Waals surface area contributed by atoms with E-state index in [2.05, 4.69) is 17.4 Å². The Morgan fingerprint density at radius 1 is 1.15 bits per heavy atom. The van der Waals surface area contributed by atoms with Crippen molar-refractivity contribution < 1.29 is 13.2 Å². The van der Waals surface area contributed by atoms with Crippen molar-refractivity contribution in [2.75, 3.05) is 27.2 Å². The molecule has 1 aromatic carbocycles. The number of rotatable bonds is 5. The first-order valence-corrected chi connectivity index (χ1v) is 6.64. The Hall–Kier alpha value is -1.07. The number of hydrogen-bond donors (Lipinski definition) is 1. The topological polar surface area (TPSA) is 15.3 Å². The summed E-state index contributed by atoms with van der Waals surface area (Å²) in [6.45, 7) is 5.46. The van der Waals surface area contributed by atoms with E-state index in [0.717, 1.165) is 16.7 Å². The van der Waals surface area contributed by atoms with Gasteiger partial charge in [-0.05, 0) is 51.6 Å². The second-order valence-electron chi connectivity index (χ2n) is 5.47. The van der Waals surface area contributed by atoms with E-state index in [1.165, 1.54) is 17.5 Å². The molecule has 0 aromatic heterocycles.